The highest BCUT2D eigenvalue weighted by Gasteiger charge is 2.34. The zero-order chi connectivity index (χ0) is 24.0. The van der Waals surface area contributed by atoms with Crippen LogP contribution in [0.2, 0.25) is 5.02 Å². The van der Waals surface area contributed by atoms with E-state index in [0.717, 1.165) is 11.0 Å². The lowest BCUT2D eigenvalue weighted by atomic mass is 10.2. The van der Waals surface area contributed by atoms with Crippen LogP contribution < -0.4 is 19.7 Å². The van der Waals surface area contributed by atoms with E-state index in [1.807, 2.05) is 0 Å². The fourth-order valence-electron chi connectivity index (χ4n) is 3.18. The number of nitrogens with one attached hydrogen (secondary N) is 1. The fourth-order valence-corrected chi connectivity index (χ4v) is 3.35. The summed E-state index contributed by atoms with van der Waals surface area (Å²) in [6, 6.07) is 7.91. The van der Waals surface area contributed by atoms with Crippen LogP contribution in [0.3, 0.4) is 0 Å². The molecule has 0 aromatic heterocycles. The lowest BCUT2D eigenvalue weighted by Gasteiger charge is -2.18. The quantitative estimate of drug-likeness (QED) is 0.555. The Morgan fingerprint density at radius 2 is 1.88 bits per heavy atom. The van der Waals surface area contributed by atoms with Crippen LogP contribution in [0, 0.1) is 5.82 Å². The molecule has 0 unspecified atom stereocenters. The normalized spacial score (nSPS) is 13.3. The Bertz CT molecular complexity index is 1050. The summed E-state index contributed by atoms with van der Waals surface area (Å²) in [5, 5.41) is 2.38. The number of benzene rings is 2. The smallest absolute Gasteiger partial charge is 0.331 e. The number of imide groups is 1. The van der Waals surface area contributed by atoms with Crippen molar-refractivity contribution in [3.05, 3.63) is 52.8 Å². The Labute approximate surface area is 194 Å². The average molecular weight is 480 g/mol. The number of carbonyl (C=O) groups excluding carboxylic acids is 3. The van der Waals surface area contributed by atoms with Crippen LogP contribution in [-0.2, 0) is 9.53 Å². The molecular formula is C22H23ClFN3O6. The number of hydrogen-bond acceptors (Lipinski definition) is 6. The molecule has 0 aliphatic carbocycles. The Morgan fingerprint density at radius 1 is 1.09 bits per heavy atom. The summed E-state index contributed by atoms with van der Waals surface area (Å²) in [6.45, 7) is 0.690. The first-order chi connectivity index (χ1) is 15.8. The Kier molecular flexibility index (Phi) is 8.07. The third-order valence-corrected chi connectivity index (χ3v) is 5.19. The number of anilines is 1. The van der Waals surface area contributed by atoms with E-state index in [1.165, 1.54) is 36.3 Å². The van der Waals surface area contributed by atoms with Gasteiger partial charge in [-0.05, 0) is 36.4 Å². The van der Waals surface area contributed by atoms with Crippen molar-refractivity contribution in [2.24, 2.45) is 0 Å². The molecule has 0 saturated carbocycles. The number of ether oxygens (including phenoxy) is 3. The third kappa shape index (κ3) is 5.71. The Hall–Kier alpha value is -3.37. The van der Waals surface area contributed by atoms with Crippen LogP contribution in [0.4, 0.5) is 14.9 Å². The number of nitrogens with zero attached hydrogens (tertiary/aromatic N) is 2. The molecule has 1 fully saturated rings. The second-order valence-electron chi connectivity index (χ2n) is 6.97. The van der Waals surface area contributed by atoms with Crippen molar-refractivity contribution >= 4 is 35.1 Å². The van der Waals surface area contributed by atoms with Gasteiger partial charge in [-0.2, -0.15) is 0 Å². The maximum Gasteiger partial charge on any atom is 0.331 e. The minimum Gasteiger partial charge on any atom is -0.493 e. The number of urea groups is 1. The topological polar surface area (TPSA) is 97.4 Å². The zero-order valence-corrected chi connectivity index (χ0v) is 18.9. The minimum atomic E-state index is -0.603. The van der Waals surface area contributed by atoms with Gasteiger partial charge in [0.1, 0.15) is 12.4 Å². The van der Waals surface area contributed by atoms with Crippen molar-refractivity contribution < 1.29 is 33.0 Å². The number of halogens is 2. The highest BCUT2D eigenvalue weighted by molar-refractivity contribution is 6.31. The average Bonchev–Trinajstić information content (AvgIpc) is 3.20. The van der Waals surface area contributed by atoms with Crippen molar-refractivity contribution in [3.63, 3.8) is 0 Å². The Balaban J connectivity index is 1.58. The molecule has 0 spiro atoms. The molecule has 4 amide bonds. The molecule has 11 heteroatoms. The van der Waals surface area contributed by atoms with E-state index < -0.39 is 23.7 Å². The van der Waals surface area contributed by atoms with E-state index in [-0.39, 0.29) is 30.2 Å². The van der Waals surface area contributed by atoms with Crippen LogP contribution in [-0.4, -0.2) is 69.8 Å². The van der Waals surface area contributed by atoms with Crippen molar-refractivity contribution in [2.75, 3.05) is 52.0 Å². The number of hydrogen-bond donors (Lipinski definition) is 1. The molecule has 1 saturated heterocycles. The predicted molar refractivity (Wildman–Crippen MR) is 119 cm³/mol. The lowest BCUT2D eigenvalue weighted by molar-refractivity contribution is -0.126. The highest BCUT2D eigenvalue weighted by Crippen LogP contribution is 2.28. The van der Waals surface area contributed by atoms with Gasteiger partial charge in [-0.15, -0.1) is 0 Å². The maximum absolute atomic E-state index is 13.4. The summed E-state index contributed by atoms with van der Waals surface area (Å²) in [5.41, 5.74) is 0.639. The second kappa shape index (κ2) is 11.0. The van der Waals surface area contributed by atoms with Gasteiger partial charge in [0.25, 0.3) is 5.91 Å². The summed E-state index contributed by atoms with van der Waals surface area (Å²) >= 11 is 5.78. The van der Waals surface area contributed by atoms with Crippen LogP contribution in [0.15, 0.2) is 36.4 Å². The van der Waals surface area contributed by atoms with E-state index in [0.29, 0.717) is 30.4 Å². The molecule has 2 aromatic rings. The first-order valence-corrected chi connectivity index (χ1v) is 10.4. The van der Waals surface area contributed by atoms with Gasteiger partial charge in [0, 0.05) is 31.5 Å². The van der Waals surface area contributed by atoms with Crippen molar-refractivity contribution in [3.8, 4) is 11.5 Å². The van der Waals surface area contributed by atoms with Crippen LogP contribution in [0.1, 0.15) is 10.4 Å². The summed E-state index contributed by atoms with van der Waals surface area (Å²) in [7, 11) is 3.00. The van der Waals surface area contributed by atoms with Gasteiger partial charge < -0.3 is 19.5 Å². The standard InChI is InChI=1S/C22H23ClFN3O6/c1-31-9-10-33-18-6-3-14(11-19(18)32-2)21(29)25-13-20(28)27-8-7-26(22(27)30)15-4-5-17(24)16(23)12-15/h3-6,11-12H,7-10,13H2,1-2H3,(H,25,29). The number of methoxy groups -OCH3 is 2. The molecule has 0 radical (unpaired) electrons. The fraction of sp³-hybridized carbons (Fsp3) is 0.318. The van der Waals surface area contributed by atoms with Gasteiger partial charge in [-0.1, -0.05) is 11.6 Å². The van der Waals surface area contributed by atoms with Gasteiger partial charge >= 0.3 is 6.03 Å². The van der Waals surface area contributed by atoms with Crippen LogP contribution in [0.25, 0.3) is 0 Å². The first-order valence-electron chi connectivity index (χ1n) is 10.0. The molecule has 1 aliphatic rings. The molecule has 1 N–H and O–H groups in total. The third-order valence-electron chi connectivity index (χ3n) is 4.90. The van der Waals surface area contributed by atoms with Gasteiger partial charge in [0.2, 0.25) is 5.91 Å². The molecule has 1 aliphatic heterocycles. The molecule has 0 atom stereocenters. The first kappa shape index (κ1) is 24.3. The van der Waals surface area contributed by atoms with Gasteiger partial charge in [-0.3, -0.25) is 19.4 Å². The van der Waals surface area contributed by atoms with E-state index >= 15 is 0 Å². The summed E-state index contributed by atoms with van der Waals surface area (Å²) < 4.78 is 29.1. The number of rotatable bonds is 9. The summed E-state index contributed by atoms with van der Waals surface area (Å²) in [5.74, 6) is -0.886. The number of carbonyl (C=O) groups is 3. The van der Waals surface area contributed by atoms with Crippen molar-refractivity contribution in [2.45, 2.75) is 0 Å². The number of amides is 4. The van der Waals surface area contributed by atoms with Gasteiger partial charge in [0.15, 0.2) is 11.5 Å². The van der Waals surface area contributed by atoms with E-state index in [2.05, 4.69) is 5.32 Å². The summed E-state index contributed by atoms with van der Waals surface area (Å²) in [4.78, 5) is 40.0. The molecule has 33 heavy (non-hydrogen) atoms. The molecule has 3 rings (SSSR count). The van der Waals surface area contributed by atoms with Crippen LogP contribution in [0.5, 0.6) is 11.5 Å². The molecule has 9 nitrogen and oxygen atoms in total. The van der Waals surface area contributed by atoms with Gasteiger partial charge in [-0.25, -0.2) is 9.18 Å². The van der Waals surface area contributed by atoms with Crippen LogP contribution >= 0.6 is 11.6 Å². The van der Waals surface area contributed by atoms with Gasteiger partial charge in [0.05, 0.1) is 25.3 Å². The molecule has 2 aromatic carbocycles. The largest absolute Gasteiger partial charge is 0.493 e. The monoisotopic (exact) mass is 479 g/mol. The molecule has 1 heterocycles. The van der Waals surface area contributed by atoms with Crippen molar-refractivity contribution in [1.29, 1.82) is 0 Å². The minimum absolute atomic E-state index is 0.122. The van der Waals surface area contributed by atoms with E-state index in [9.17, 15) is 18.8 Å². The zero-order valence-electron chi connectivity index (χ0n) is 18.1. The van der Waals surface area contributed by atoms with Crippen molar-refractivity contribution in [1.82, 2.24) is 10.2 Å². The lowest BCUT2D eigenvalue weighted by Crippen LogP contribution is -2.42. The van der Waals surface area contributed by atoms with E-state index in [1.54, 1.807) is 13.2 Å². The Morgan fingerprint density at radius 3 is 2.58 bits per heavy atom. The molecular weight excluding hydrogens is 457 g/mol. The summed E-state index contributed by atoms with van der Waals surface area (Å²) in [6.07, 6.45) is 0. The van der Waals surface area contributed by atoms with E-state index in [4.69, 9.17) is 25.8 Å². The highest BCUT2D eigenvalue weighted by atomic mass is 35.5. The SMILES string of the molecule is COCCOc1ccc(C(=O)NCC(=O)N2CCN(c3ccc(F)c(Cl)c3)C2=O)cc1OC. The predicted octanol–water partition coefficient (Wildman–Crippen LogP) is 2.71. The maximum atomic E-state index is 13.4. The molecule has 0 bridgehead atoms. The second-order valence-corrected chi connectivity index (χ2v) is 7.37. The molecule has 176 valence electrons.